The second-order valence-electron chi connectivity index (χ2n) is 5.41. The molecule has 88 valence electrons. The van der Waals surface area contributed by atoms with Crippen LogP contribution in [0.4, 0.5) is 0 Å². The van der Waals surface area contributed by atoms with Gasteiger partial charge in [-0.3, -0.25) is 0 Å². The van der Waals surface area contributed by atoms with E-state index in [2.05, 4.69) is 35.0 Å². The summed E-state index contributed by atoms with van der Waals surface area (Å²) < 4.78 is 2.59. The second-order valence-corrected chi connectivity index (χ2v) is 5.41. The zero-order chi connectivity index (χ0) is 11.4. The standard InChI is InChI=1S/C15H18N2/c1-10-13-4-2-3-11-6-8-17(15(11)13)14(10)12-5-7-16-9-12/h2-4,12,16H,5-9H2,1H3. The topological polar surface area (TPSA) is 17.0 Å². The minimum atomic E-state index is 0.730. The molecule has 0 radical (unpaired) electrons. The normalized spacial score (nSPS) is 22.8. The van der Waals surface area contributed by atoms with E-state index in [1.165, 1.54) is 42.4 Å². The van der Waals surface area contributed by atoms with Crippen LogP contribution in [0.5, 0.6) is 0 Å². The lowest BCUT2D eigenvalue weighted by Crippen LogP contribution is -2.12. The molecular formula is C15H18N2. The van der Waals surface area contributed by atoms with Gasteiger partial charge in [-0.15, -0.1) is 0 Å². The molecule has 2 aliphatic heterocycles. The number of aryl methyl sites for hydroxylation is 3. The smallest absolute Gasteiger partial charge is 0.0518 e. The molecular weight excluding hydrogens is 208 g/mol. The molecule has 1 aromatic carbocycles. The molecule has 3 heterocycles. The monoisotopic (exact) mass is 226 g/mol. The first-order valence-corrected chi connectivity index (χ1v) is 6.67. The Bertz CT molecular complexity index is 588. The van der Waals surface area contributed by atoms with Crippen molar-refractivity contribution in [3.63, 3.8) is 0 Å². The molecule has 1 fully saturated rings. The molecule has 1 saturated heterocycles. The predicted octanol–water partition coefficient (Wildman–Crippen LogP) is 2.58. The van der Waals surface area contributed by atoms with Gasteiger partial charge in [0, 0.05) is 30.1 Å². The number of nitrogens with zero attached hydrogens (tertiary/aromatic N) is 1. The first-order chi connectivity index (χ1) is 8.36. The molecule has 0 spiro atoms. The molecule has 0 bridgehead atoms. The van der Waals surface area contributed by atoms with Gasteiger partial charge in [-0.05, 0) is 37.4 Å². The Morgan fingerprint density at radius 1 is 1.35 bits per heavy atom. The molecule has 2 aromatic rings. The molecule has 0 amide bonds. The van der Waals surface area contributed by atoms with Crippen molar-refractivity contribution in [2.45, 2.75) is 32.2 Å². The van der Waals surface area contributed by atoms with Gasteiger partial charge in [0.15, 0.2) is 0 Å². The molecule has 4 rings (SSSR count). The predicted molar refractivity (Wildman–Crippen MR) is 70.6 cm³/mol. The van der Waals surface area contributed by atoms with Crippen LogP contribution in [0, 0.1) is 6.92 Å². The summed E-state index contributed by atoms with van der Waals surface area (Å²) in [6.07, 6.45) is 2.52. The van der Waals surface area contributed by atoms with Crippen LogP contribution in [0.3, 0.4) is 0 Å². The van der Waals surface area contributed by atoms with E-state index in [1.54, 1.807) is 11.3 Å². The van der Waals surface area contributed by atoms with Crippen molar-refractivity contribution in [3.8, 4) is 0 Å². The summed E-state index contributed by atoms with van der Waals surface area (Å²) in [5.41, 5.74) is 6.19. The lowest BCUT2D eigenvalue weighted by molar-refractivity contribution is 0.644. The summed E-state index contributed by atoms with van der Waals surface area (Å²) in [5, 5.41) is 4.99. The SMILES string of the molecule is Cc1c(C2CCNC2)n2c3c(cccc13)CC2. The van der Waals surface area contributed by atoms with E-state index in [9.17, 15) is 0 Å². The summed E-state index contributed by atoms with van der Waals surface area (Å²) in [6.45, 7) is 5.84. The van der Waals surface area contributed by atoms with Crippen LogP contribution in [-0.2, 0) is 13.0 Å². The second kappa shape index (κ2) is 3.36. The van der Waals surface area contributed by atoms with Crippen LogP contribution in [0.2, 0.25) is 0 Å². The minimum Gasteiger partial charge on any atom is -0.343 e. The Hall–Kier alpha value is -1.28. The van der Waals surface area contributed by atoms with E-state index >= 15 is 0 Å². The van der Waals surface area contributed by atoms with Crippen molar-refractivity contribution >= 4 is 10.9 Å². The number of rotatable bonds is 1. The molecule has 2 nitrogen and oxygen atoms in total. The van der Waals surface area contributed by atoms with Crippen LogP contribution in [0.15, 0.2) is 18.2 Å². The lowest BCUT2D eigenvalue weighted by atomic mass is 9.99. The average molecular weight is 226 g/mol. The lowest BCUT2D eigenvalue weighted by Gasteiger charge is -2.13. The molecule has 1 N–H and O–H groups in total. The number of hydrogen-bond donors (Lipinski definition) is 1. The Kier molecular flexibility index (Phi) is 1.92. The highest BCUT2D eigenvalue weighted by Crippen LogP contribution is 2.38. The highest BCUT2D eigenvalue weighted by Gasteiger charge is 2.27. The fourth-order valence-electron chi connectivity index (χ4n) is 3.75. The molecule has 1 unspecified atom stereocenters. The van der Waals surface area contributed by atoms with Gasteiger partial charge in [-0.2, -0.15) is 0 Å². The largest absolute Gasteiger partial charge is 0.343 e. The fourth-order valence-corrected chi connectivity index (χ4v) is 3.75. The van der Waals surface area contributed by atoms with Gasteiger partial charge in [0.05, 0.1) is 5.52 Å². The van der Waals surface area contributed by atoms with Gasteiger partial charge >= 0.3 is 0 Å². The van der Waals surface area contributed by atoms with E-state index in [4.69, 9.17) is 0 Å². The highest BCUT2D eigenvalue weighted by atomic mass is 15.0. The Morgan fingerprint density at radius 3 is 3.12 bits per heavy atom. The number of hydrogen-bond acceptors (Lipinski definition) is 1. The third-order valence-corrected chi connectivity index (χ3v) is 4.52. The number of nitrogens with one attached hydrogen (secondary N) is 1. The van der Waals surface area contributed by atoms with E-state index in [-0.39, 0.29) is 0 Å². The third kappa shape index (κ3) is 1.19. The van der Waals surface area contributed by atoms with E-state index < -0.39 is 0 Å². The van der Waals surface area contributed by atoms with Gasteiger partial charge in [-0.25, -0.2) is 0 Å². The maximum Gasteiger partial charge on any atom is 0.0518 e. The Labute approximate surface area is 102 Å². The molecule has 0 aliphatic carbocycles. The van der Waals surface area contributed by atoms with Gasteiger partial charge < -0.3 is 9.88 Å². The van der Waals surface area contributed by atoms with Crippen LogP contribution in [-0.4, -0.2) is 17.7 Å². The van der Waals surface area contributed by atoms with Crippen molar-refractivity contribution in [1.82, 2.24) is 9.88 Å². The van der Waals surface area contributed by atoms with Crippen molar-refractivity contribution in [3.05, 3.63) is 35.0 Å². The number of para-hydroxylation sites is 1. The quantitative estimate of drug-likeness (QED) is 0.791. The fraction of sp³-hybridized carbons (Fsp3) is 0.467. The summed E-state index contributed by atoms with van der Waals surface area (Å²) in [6, 6.07) is 6.81. The highest BCUT2D eigenvalue weighted by molar-refractivity contribution is 5.89. The van der Waals surface area contributed by atoms with Crippen molar-refractivity contribution in [1.29, 1.82) is 0 Å². The Balaban J connectivity index is 2.02. The van der Waals surface area contributed by atoms with Crippen LogP contribution in [0.1, 0.15) is 29.2 Å². The molecule has 2 heteroatoms. The van der Waals surface area contributed by atoms with E-state index in [0.29, 0.717) is 0 Å². The summed E-state index contributed by atoms with van der Waals surface area (Å²) in [5.74, 6) is 0.730. The molecule has 2 aliphatic rings. The number of benzene rings is 1. The van der Waals surface area contributed by atoms with Crippen molar-refractivity contribution in [2.75, 3.05) is 13.1 Å². The molecule has 0 saturated carbocycles. The van der Waals surface area contributed by atoms with Crippen LogP contribution >= 0.6 is 0 Å². The van der Waals surface area contributed by atoms with Crippen molar-refractivity contribution in [2.24, 2.45) is 0 Å². The maximum absolute atomic E-state index is 3.50. The van der Waals surface area contributed by atoms with E-state index in [0.717, 1.165) is 12.5 Å². The van der Waals surface area contributed by atoms with Crippen LogP contribution in [0.25, 0.3) is 10.9 Å². The van der Waals surface area contributed by atoms with E-state index in [1.807, 2.05) is 0 Å². The zero-order valence-electron chi connectivity index (χ0n) is 10.3. The van der Waals surface area contributed by atoms with Crippen LogP contribution < -0.4 is 5.32 Å². The van der Waals surface area contributed by atoms with Gasteiger partial charge in [0.2, 0.25) is 0 Å². The van der Waals surface area contributed by atoms with Crippen molar-refractivity contribution < 1.29 is 0 Å². The summed E-state index contributed by atoms with van der Waals surface area (Å²) in [7, 11) is 0. The maximum atomic E-state index is 3.50. The molecule has 1 atom stereocenters. The molecule has 17 heavy (non-hydrogen) atoms. The minimum absolute atomic E-state index is 0.730. The number of aromatic nitrogens is 1. The molecule has 1 aromatic heterocycles. The third-order valence-electron chi connectivity index (χ3n) is 4.52. The first kappa shape index (κ1) is 9.72. The van der Waals surface area contributed by atoms with Gasteiger partial charge in [-0.1, -0.05) is 18.2 Å². The summed E-state index contributed by atoms with van der Waals surface area (Å²) in [4.78, 5) is 0. The Morgan fingerprint density at radius 2 is 2.29 bits per heavy atom. The first-order valence-electron chi connectivity index (χ1n) is 6.67. The van der Waals surface area contributed by atoms with Gasteiger partial charge in [0.25, 0.3) is 0 Å². The zero-order valence-corrected chi connectivity index (χ0v) is 10.3. The average Bonchev–Trinajstić information content (AvgIpc) is 3.02. The summed E-state index contributed by atoms with van der Waals surface area (Å²) >= 11 is 0. The van der Waals surface area contributed by atoms with Gasteiger partial charge in [0.1, 0.15) is 0 Å².